The third-order valence-corrected chi connectivity index (χ3v) is 3.49. The van der Waals surface area contributed by atoms with Crippen LogP contribution in [0, 0.1) is 0 Å². The van der Waals surface area contributed by atoms with Crippen molar-refractivity contribution < 1.29 is 14.2 Å². The van der Waals surface area contributed by atoms with Gasteiger partial charge in [0.2, 0.25) is 0 Å². The number of piperidine rings is 1. The number of likely N-dealkylation sites (tertiary alicyclic amines) is 1. The van der Waals surface area contributed by atoms with Gasteiger partial charge in [-0.3, -0.25) is 0 Å². The molecule has 1 aliphatic heterocycles. The molecule has 0 bridgehead atoms. The molecule has 1 aliphatic rings. The second kappa shape index (κ2) is 18.2. The van der Waals surface area contributed by atoms with E-state index in [1.165, 1.54) is 25.9 Å². The van der Waals surface area contributed by atoms with Crippen LogP contribution in [0.4, 0.5) is 0 Å². The molecule has 0 atom stereocenters. The lowest BCUT2D eigenvalue weighted by atomic mass is 10.1. The van der Waals surface area contributed by atoms with Crippen LogP contribution in [-0.2, 0) is 14.2 Å². The van der Waals surface area contributed by atoms with Crippen molar-refractivity contribution in [2.45, 2.75) is 86.5 Å². The highest BCUT2D eigenvalue weighted by Crippen LogP contribution is 2.15. The van der Waals surface area contributed by atoms with Gasteiger partial charge in [-0.15, -0.1) is 0 Å². The topological polar surface area (TPSA) is 30.9 Å². The summed E-state index contributed by atoms with van der Waals surface area (Å²) in [4.78, 5) is 2.52. The average molecular weight is 334 g/mol. The Morgan fingerprint density at radius 3 is 1.87 bits per heavy atom. The summed E-state index contributed by atoms with van der Waals surface area (Å²) in [5.74, 6) is 0. The summed E-state index contributed by atoms with van der Waals surface area (Å²) in [6.07, 6.45) is 3.29. The van der Waals surface area contributed by atoms with Gasteiger partial charge >= 0.3 is 0 Å². The summed E-state index contributed by atoms with van der Waals surface area (Å²) >= 11 is 0. The Labute approximate surface area is 145 Å². The molecule has 0 saturated carbocycles. The van der Waals surface area contributed by atoms with E-state index in [9.17, 15) is 0 Å². The lowest BCUT2D eigenvalue weighted by molar-refractivity contribution is 0.00760. The predicted molar refractivity (Wildman–Crippen MR) is 100 cm³/mol. The first-order valence-electron chi connectivity index (χ1n) is 9.56. The van der Waals surface area contributed by atoms with Gasteiger partial charge < -0.3 is 19.1 Å². The van der Waals surface area contributed by atoms with Crippen molar-refractivity contribution in [3.8, 4) is 0 Å². The van der Waals surface area contributed by atoms with E-state index in [0.29, 0.717) is 31.5 Å². The third-order valence-electron chi connectivity index (χ3n) is 3.49. The quantitative estimate of drug-likeness (QED) is 0.617. The van der Waals surface area contributed by atoms with Gasteiger partial charge in [0.1, 0.15) is 0 Å². The molecule has 1 fully saturated rings. The molecule has 142 valence electrons. The van der Waals surface area contributed by atoms with Crippen LogP contribution in [0.15, 0.2) is 0 Å². The standard InChI is InChI=1S/C10H21NO.C7H16O2.C2H6/c1-4-12-10-5-7-11(8-6-10)9(2)3;1-4-8-5-6-9-7(2)3;1-2/h9-10H,4-8H2,1-3H3;7H,4-6H2,1-3H3;1-2H3. The second-order valence-corrected chi connectivity index (χ2v) is 5.90. The molecule has 0 amide bonds. The molecular formula is C19H43NO3. The summed E-state index contributed by atoms with van der Waals surface area (Å²) in [6.45, 7) is 22.1. The van der Waals surface area contributed by atoms with Crippen LogP contribution in [0.1, 0.15) is 68.2 Å². The van der Waals surface area contributed by atoms with Gasteiger partial charge in [0.05, 0.1) is 25.4 Å². The van der Waals surface area contributed by atoms with Crippen molar-refractivity contribution in [2.75, 3.05) is 39.5 Å². The van der Waals surface area contributed by atoms with E-state index in [1.807, 2.05) is 34.6 Å². The molecule has 0 radical (unpaired) electrons. The normalized spacial score (nSPS) is 15.9. The molecule has 0 N–H and O–H groups in total. The predicted octanol–water partition coefficient (Wildman–Crippen LogP) is 4.37. The van der Waals surface area contributed by atoms with Gasteiger partial charge in [0.15, 0.2) is 0 Å². The molecule has 1 saturated heterocycles. The highest BCUT2D eigenvalue weighted by Gasteiger charge is 2.20. The van der Waals surface area contributed by atoms with Crippen molar-refractivity contribution >= 4 is 0 Å². The Hall–Kier alpha value is -0.160. The van der Waals surface area contributed by atoms with Crippen LogP contribution in [-0.4, -0.2) is 62.7 Å². The minimum Gasteiger partial charge on any atom is -0.379 e. The number of nitrogens with zero attached hydrogens (tertiary/aromatic N) is 1. The fourth-order valence-corrected chi connectivity index (χ4v) is 2.28. The maximum Gasteiger partial charge on any atom is 0.0703 e. The van der Waals surface area contributed by atoms with Gasteiger partial charge in [-0.25, -0.2) is 0 Å². The molecule has 0 aromatic heterocycles. The van der Waals surface area contributed by atoms with Crippen LogP contribution in [0.25, 0.3) is 0 Å². The summed E-state index contributed by atoms with van der Waals surface area (Å²) in [5, 5.41) is 0. The number of hydrogen-bond acceptors (Lipinski definition) is 4. The van der Waals surface area contributed by atoms with Crippen LogP contribution in [0.3, 0.4) is 0 Å². The molecule has 4 heteroatoms. The zero-order chi connectivity index (χ0) is 18.1. The molecule has 0 aromatic rings. The first kappa shape index (κ1) is 25.1. The highest BCUT2D eigenvalue weighted by molar-refractivity contribution is 4.74. The maximum absolute atomic E-state index is 5.58. The molecule has 0 aromatic carbocycles. The van der Waals surface area contributed by atoms with E-state index in [2.05, 4.69) is 25.7 Å². The number of hydrogen-bond donors (Lipinski definition) is 0. The zero-order valence-corrected chi connectivity index (χ0v) is 17.1. The molecule has 0 aliphatic carbocycles. The van der Waals surface area contributed by atoms with E-state index >= 15 is 0 Å². The fraction of sp³-hybridized carbons (Fsp3) is 1.00. The van der Waals surface area contributed by atoms with Crippen LogP contribution in [0.5, 0.6) is 0 Å². The Morgan fingerprint density at radius 2 is 1.48 bits per heavy atom. The van der Waals surface area contributed by atoms with Crippen molar-refractivity contribution in [3.05, 3.63) is 0 Å². The van der Waals surface area contributed by atoms with Crippen molar-refractivity contribution in [2.24, 2.45) is 0 Å². The minimum atomic E-state index is 0.324. The summed E-state index contributed by atoms with van der Waals surface area (Å²) in [6, 6.07) is 0.701. The van der Waals surface area contributed by atoms with E-state index in [1.54, 1.807) is 0 Å². The van der Waals surface area contributed by atoms with Gasteiger partial charge in [0, 0.05) is 32.3 Å². The fourth-order valence-electron chi connectivity index (χ4n) is 2.28. The van der Waals surface area contributed by atoms with E-state index in [0.717, 1.165) is 13.2 Å². The molecule has 4 nitrogen and oxygen atoms in total. The Morgan fingerprint density at radius 1 is 0.913 bits per heavy atom. The first-order valence-corrected chi connectivity index (χ1v) is 9.56. The highest BCUT2D eigenvalue weighted by atomic mass is 16.5. The molecule has 1 rings (SSSR count). The molecule has 0 spiro atoms. The van der Waals surface area contributed by atoms with Gasteiger partial charge in [-0.05, 0) is 54.4 Å². The average Bonchev–Trinajstić information content (AvgIpc) is 2.55. The molecule has 1 heterocycles. The Bertz CT molecular complexity index is 215. The second-order valence-electron chi connectivity index (χ2n) is 5.90. The maximum atomic E-state index is 5.58. The zero-order valence-electron chi connectivity index (χ0n) is 17.1. The Kier molecular flexibility index (Phi) is 19.8. The van der Waals surface area contributed by atoms with Gasteiger partial charge in [0.25, 0.3) is 0 Å². The summed E-state index contributed by atoms with van der Waals surface area (Å²) < 4.78 is 15.9. The van der Waals surface area contributed by atoms with Crippen LogP contribution in [0.2, 0.25) is 0 Å². The molecular weight excluding hydrogens is 290 g/mol. The van der Waals surface area contributed by atoms with E-state index in [4.69, 9.17) is 14.2 Å². The smallest absolute Gasteiger partial charge is 0.0703 e. The number of ether oxygens (including phenoxy) is 3. The van der Waals surface area contributed by atoms with Gasteiger partial charge in [-0.2, -0.15) is 0 Å². The largest absolute Gasteiger partial charge is 0.379 e. The number of rotatable bonds is 8. The minimum absolute atomic E-state index is 0.324. The van der Waals surface area contributed by atoms with Crippen LogP contribution < -0.4 is 0 Å². The molecule has 23 heavy (non-hydrogen) atoms. The van der Waals surface area contributed by atoms with Gasteiger partial charge in [-0.1, -0.05) is 13.8 Å². The molecule has 0 unspecified atom stereocenters. The summed E-state index contributed by atoms with van der Waals surface area (Å²) in [7, 11) is 0. The van der Waals surface area contributed by atoms with E-state index in [-0.39, 0.29) is 0 Å². The van der Waals surface area contributed by atoms with E-state index < -0.39 is 0 Å². The third kappa shape index (κ3) is 16.5. The Balaban J connectivity index is 0. The monoisotopic (exact) mass is 333 g/mol. The van der Waals surface area contributed by atoms with Crippen LogP contribution >= 0.6 is 0 Å². The van der Waals surface area contributed by atoms with Crippen molar-refractivity contribution in [1.82, 2.24) is 4.90 Å². The lowest BCUT2D eigenvalue weighted by Crippen LogP contribution is -2.40. The lowest BCUT2D eigenvalue weighted by Gasteiger charge is -2.34. The first-order chi connectivity index (χ1) is 11.0. The SMILES string of the molecule is CC.CCOC1CCN(C(C)C)CC1.CCOCCOC(C)C. The van der Waals surface area contributed by atoms with Crippen molar-refractivity contribution in [1.29, 1.82) is 0 Å². The summed E-state index contributed by atoms with van der Waals surface area (Å²) in [5.41, 5.74) is 0. The van der Waals surface area contributed by atoms with Crippen molar-refractivity contribution in [3.63, 3.8) is 0 Å².